The highest BCUT2D eigenvalue weighted by atomic mass is 32.1. The van der Waals surface area contributed by atoms with E-state index in [0.29, 0.717) is 13.0 Å². The lowest BCUT2D eigenvalue weighted by atomic mass is 9.92. The lowest BCUT2D eigenvalue weighted by molar-refractivity contribution is -0.117. The van der Waals surface area contributed by atoms with Crippen LogP contribution in [0, 0.1) is 0 Å². The predicted octanol–water partition coefficient (Wildman–Crippen LogP) is 3.44. The van der Waals surface area contributed by atoms with Gasteiger partial charge in [0, 0.05) is 12.3 Å². The fourth-order valence-corrected chi connectivity index (χ4v) is 2.75. The van der Waals surface area contributed by atoms with Crippen LogP contribution in [0.1, 0.15) is 24.8 Å². The fourth-order valence-electron chi connectivity index (χ4n) is 2.09. The average Bonchev–Trinajstić information content (AvgIpc) is 2.89. The fraction of sp³-hybridized carbons (Fsp3) is 0.267. The van der Waals surface area contributed by atoms with Crippen LogP contribution in [-0.2, 0) is 4.79 Å². The number of hydrogen-bond acceptors (Lipinski definition) is 3. The molecule has 0 spiro atoms. The summed E-state index contributed by atoms with van der Waals surface area (Å²) in [6, 6.07) is 10.4. The highest BCUT2D eigenvalue weighted by Crippen LogP contribution is 2.27. The number of rotatable bonds is 5. The van der Waals surface area contributed by atoms with E-state index in [1.165, 1.54) is 11.1 Å². The molecule has 2 aromatic rings. The summed E-state index contributed by atoms with van der Waals surface area (Å²) in [6.45, 7) is 2.12. The number of benzene rings is 1. The van der Waals surface area contributed by atoms with Crippen LogP contribution in [0.25, 0.3) is 11.1 Å². The zero-order valence-electron chi connectivity index (χ0n) is 10.4. The van der Waals surface area contributed by atoms with E-state index >= 15 is 0 Å². The molecule has 0 unspecified atom stereocenters. The molecule has 2 rings (SSSR count). The minimum Gasteiger partial charge on any atom is -0.330 e. The number of ketones is 1. The molecule has 0 fully saturated rings. The van der Waals surface area contributed by atoms with Gasteiger partial charge in [0.1, 0.15) is 5.78 Å². The van der Waals surface area contributed by atoms with E-state index in [1.54, 1.807) is 18.3 Å². The topological polar surface area (TPSA) is 43.1 Å². The van der Waals surface area contributed by atoms with Crippen molar-refractivity contribution in [3.63, 3.8) is 0 Å². The number of hydrogen-bond donors (Lipinski definition) is 1. The van der Waals surface area contributed by atoms with Crippen LogP contribution < -0.4 is 5.73 Å². The molecular formula is C15H17NOS. The molecule has 0 radical (unpaired) electrons. The van der Waals surface area contributed by atoms with Gasteiger partial charge in [-0.3, -0.25) is 0 Å². The third kappa shape index (κ3) is 3.06. The molecule has 18 heavy (non-hydrogen) atoms. The van der Waals surface area contributed by atoms with E-state index in [2.05, 4.69) is 35.0 Å². The number of carbonyl (C=O) groups is 1. The van der Waals surface area contributed by atoms with Crippen molar-refractivity contribution in [3.05, 3.63) is 46.7 Å². The predicted molar refractivity (Wildman–Crippen MR) is 76.8 cm³/mol. The van der Waals surface area contributed by atoms with Crippen molar-refractivity contribution in [2.45, 2.75) is 19.3 Å². The van der Waals surface area contributed by atoms with Crippen LogP contribution in [0.2, 0.25) is 0 Å². The van der Waals surface area contributed by atoms with Crippen LogP contribution in [-0.4, -0.2) is 12.3 Å². The van der Waals surface area contributed by atoms with Crippen LogP contribution in [0.5, 0.6) is 0 Å². The molecule has 3 heteroatoms. The smallest absolute Gasteiger partial charge is 0.130 e. The molecule has 0 aliphatic rings. The van der Waals surface area contributed by atoms with Gasteiger partial charge in [-0.05, 0) is 47.0 Å². The molecule has 0 aliphatic carbocycles. The van der Waals surface area contributed by atoms with Gasteiger partial charge in [0.2, 0.25) is 0 Å². The summed E-state index contributed by atoms with van der Waals surface area (Å²) in [5.41, 5.74) is 9.33. The lowest BCUT2D eigenvalue weighted by Crippen LogP contribution is -2.15. The highest BCUT2D eigenvalue weighted by Gasteiger charge is 2.12. The van der Waals surface area contributed by atoms with E-state index < -0.39 is 0 Å². The minimum atomic E-state index is 0.126. The standard InChI is InChI=1S/C15H17NOS/c1-11(17)7-15(9-16)13-4-2-3-12(8-13)14-5-6-18-10-14/h2-6,8,10,15H,7,9,16H2,1H3/t15-/m0/s1. The summed E-state index contributed by atoms with van der Waals surface area (Å²) in [5, 5.41) is 4.19. The molecule has 0 saturated heterocycles. The zero-order chi connectivity index (χ0) is 13.0. The Morgan fingerprint density at radius 2 is 2.17 bits per heavy atom. The van der Waals surface area contributed by atoms with Crippen LogP contribution in [0.15, 0.2) is 41.1 Å². The second kappa shape index (κ2) is 5.94. The van der Waals surface area contributed by atoms with E-state index in [4.69, 9.17) is 5.73 Å². The summed E-state index contributed by atoms with van der Waals surface area (Å²) in [6.07, 6.45) is 0.517. The normalized spacial score (nSPS) is 12.3. The summed E-state index contributed by atoms with van der Waals surface area (Å²) in [5.74, 6) is 0.312. The van der Waals surface area contributed by atoms with Crippen LogP contribution in [0.4, 0.5) is 0 Å². The molecule has 1 atom stereocenters. The minimum absolute atomic E-state index is 0.126. The van der Waals surface area contributed by atoms with E-state index in [1.807, 2.05) is 6.07 Å². The Bertz CT molecular complexity index is 519. The lowest BCUT2D eigenvalue weighted by Gasteiger charge is -2.14. The van der Waals surface area contributed by atoms with Gasteiger partial charge in [-0.1, -0.05) is 24.3 Å². The Hall–Kier alpha value is -1.45. The number of nitrogens with two attached hydrogens (primary N) is 1. The first kappa shape index (κ1) is 13.0. The Morgan fingerprint density at radius 1 is 1.33 bits per heavy atom. The molecule has 1 aromatic carbocycles. The Morgan fingerprint density at radius 3 is 2.78 bits per heavy atom. The molecule has 0 saturated carbocycles. The van der Waals surface area contributed by atoms with Crippen molar-refractivity contribution in [3.8, 4) is 11.1 Å². The van der Waals surface area contributed by atoms with E-state index in [0.717, 1.165) is 5.56 Å². The third-order valence-corrected chi connectivity index (χ3v) is 3.71. The van der Waals surface area contributed by atoms with Gasteiger partial charge in [0.25, 0.3) is 0 Å². The van der Waals surface area contributed by atoms with E-state index in [9.17, 15) is 4.79 Å². The number of thiophene rings is 1. The second-order valence-corrected chi connectivity index (χ2v) is 5.26. The number of Topliss-reactive ketones (excluding diaryl/α,β-unsaturated/α-hetero) is 1. The van der Waals surface area contributed by atoms with Crippen molar-refractivity contribution in [1.82, 2.24) is 0 Å². The monoisotopic (exact) mass is 259 g/mol. The average molecular weight is 259 g/mol. The maximum absolute atomic E-state index is 11.2. The van der Waals surface area contributed by atoms with Crippen molar-refractivity contribution >= 4 is 17.1 Å². The van der Waals surface area contributed by atoms with Gasteiger partial charge in [-0.15, -0.1) is 0 Å². The van der Waals surface area contributed by atoms with Crippen molar-refractivity contribution in [1.29, 1.82) is 0 Å². The summed E-state index contributed by atoms with van der Waals surface area (Å²) < 4.78 is 0. The third-order valence-electron chi connectivity index (χ3n) is 3.03. The zero-order valence-corrected chi connectivity index (χ0v) is 11.2. The maximum Gasteiger partial charge on any atom is 0.130 e. The first-order valence-electron chi connectivity index (χ1n) is 6.02. The molecule has 1 heterocycles. The maximum atomic E-state index is 11.2. The molecule has 1 aromatic heterocycles. The van der Waals surface area contributed by atoms with Crippen molar-refractivity contribution < 1.29 is 4.79 Å². The van der Waals surface area contributed by atoms with E-state index in [-0.39, 0.29) is 11.7 Å². The molecule has 2 nitrogen and oxygen atoms in total. The van der Waals surface area contributed by atoms with Crippen LogP contribution >= 0.6 is 11.3 Å². The highest BCUT2D eigenvalue weighted by molar-refractivity contribution is 7.08. The number of carbonyl (C=O) groups excluding carboxylic acids is 1. The molecule has 0 aliphatic heterocycles. The van der Waals surface area contributed by atoms with Crippen molar-refractivity contribution in [2.24, 2.45) is 5.73 Å². The largest absolute Gasteiger partial charge is 0.330 e. The Kier molecular flexibility index (Phi) is 4.28. The molecule has 2 N–H and O–H groups in total. The van der Waals surface area contributed by atoms with Crippen LogP contribution in [0.3, 0.4) is 0 Å². The molecule has 0 amide bonds. The molecular weight excluding hydrogens is 242 g/mol. The summed E-state index contributed by atoms with van der Waals surface area (Å²) in [7, 11) is 0. The molecule has 94 valence electrons. The first-order valence-corrected chi connectivity index (χ1v) is 6.97. The van der Waals surface area contributed by atoms with Gasteiger partial charge in [0.05, 0.1) is 0 Å². The quantitative estimate of drug-likeness (QED) is 0.894. The Balaban J connectivity index is 2.28. The Labute approximate surface area is 111 Å². The van der Waals surface area contributed by atoms with Gasteiger partial charge in [-0.2, -0.15) is 11.3 Å². The summed E-state index contributed by atoms with van der Waals surface area (Å²) >= 11 is 1.69. The SMILES string of the molecule is CC(=O)C[C@@H](CN)c1cccc(-c2ccsc2)c1. The van der Waals surface area contributed by atoms with Gasteiger partial charge in [0.15, 0.2) is 0 Å². The first-order chi connectivity index (χ1) is 8.70. The second-order valence-electron chi connectivity index (χ2n) is 4.48. The van der Waals surface area contributed by atoms with Gasteiger partial charge < -0.3 is 10.5 Å². The van der Waals surface area contributed by atoms with Gasteiger partial charge >= 0.3 is 0 Å². The summed E-state index contributed by atoms with van der Waals surface area (Å²) in [4.78, 5) is 11.2. The molecule has 0 bridgehead atoms. The van der Waals surface area contributed by atoms with Gasteiger partial charge in [-0.25, -0.2) is 0 Å². The van der Waals surface area contributed by atoms with Crippen molar-refractivity contribution in [2.75, 3.05) is 6.54 Å².